The molecule has 106 valence electrons. The summed E-state index contributed by atoms with van der Waals surface area (Å²) in [4.78, 5) is 10.9. The number of carboxylic acids is 1. The van der Waals surface area contributed by atoms with E-state index < -0.39 is 55.1 Å². The van der Waals surface area contributed by atoms with Gasteiger partial charge in [-0.25, -0.2) is 4.79 Å². The fraction of sp³-hybridized carbons (Fsp3) is 0.900. The van der Waals surface area contributed by atoms with Gasteiger partial charge in [0.2, 0.25) is 0 Å². The Labute approximate surface area is 103 Å². The number of rotatable bonds is 4. The van der Waals surface area contributed by atoms with Gasteiger partial charge < -0.3 is 35.4 Å². The SMILES string of the molecule is CC1C(O)CC(O)(C(=O)O)OC1C(O)C(O)CO. The molecule has 1 fully saturated rings. The molecule has 0 amide bonds. The predicted octanol–water partition coefficient (Wildman–Crippen LogP) is -2.74. The number of aliphatic hydroxyl groups excluding tert-OH is 4. The first-order chi connectivity index (χ1) is 8.23. The lowest BCUT2D eigenvalue weighted by Gasteiger charge is -2.43. The number of ether oxygens (including phenoxy) is 1. The second-order valence-corrected chi connectivity index (χ2v) is 4.54. The number of aliphatic hydroxyl groups is 5. The standard InChI is InChI=1S/C10H18O8/c1-4-5(12)2-10(17,9(15)16)18-8(4)7(14)6(13)3-11/h4-8,11-14,17H,2-3H2,1H3,(H,15,16). The largest absolute Gasteiger partial charge is 0.477 e. The van der Waals surface area contributed by atoms with Crippen molar-refractivity contribution in [3.8, 4) is 0 Å². The molecular weight excluding hydrogens is 248 g/mol. The molecule has 0 bridgehead atoms. The van der Waals surface area contributed by atoms with Crippen LogP contribution in [0.2, 0.25) is 0 Å². The molecule has 1 heterocycles. The van der Waals surface area contributed by atoms with E-state index in [1.165, 1.54) is 6.92 Å². The average molecular weight is 266 g/mol. The van der Waals surface area contributed by atoms with Gasteiger partial charge in [0.1, 0.15) is 12.2 Å². The van der Waals surface area contributed by atoms with Crippen molar-refractivity contribution in [1.82, 2.24) is 0 Å². The van der Waals surface area contributed by atoms with Crippen molar-refractivity contribution in [2.75, 3.05) is 6.61 Å². The van der Waals surface area contributed by atoms with Crippen LogP contribution in [0.3, 0.4) is 0 Å². The Morgan fingerprint density at radius 1 is 1.50 bits per heavy atom. The number of carbonyl (C=O) groups is 1. The first-order valence-electron chi connectivity index (χ1n) is 5.51. The quantitative estimate of drug-likeness (QED) is 0.321. The maximum Gasteiger partial charge on any atom is 0.364 e. The third-order valence-corrected chi connectivity index (χ3v) is 3.19. The summed E-state index contributed by atoms with van der Waals surface area (Å²) >= 11 is 0. The fourth-order valence-electron chi connectivity index (χ4n) is 1.91. The van der Waals surface area contributed by atoms with Crippen LogP contribution in [0.5, 0.6) is 0 Å². The minimum absolute atomic E-state index is 0.540. The van der Waals surface area contributed by atoms with Crippen LogP contribution in [0.4, 0.5) is 0 Å². The molecule has 0 saturated carbocycles. The maximum atomic E-state index is 10.9. The molecule has 0 aromatic rings. The van der Waals surface area contributed by atoms with Crippen molar-refractivity contribution in [2.45, 2.75) is 43.5 Å². The third kappa shape index (κ3) is 2.79. The molecule has 6 atom stereocenters. The van der Waals surface area contributed by atoms with Gasteiger partial charge in [-0.15, -0.1) is 0 Å². The van der Waals surface area contributed by atoms with E-state index in [0.717, 1.165) is 0 Å². The van der Waals surface area contributed by atoms with Crippen LogP contribution < -0.4 is 0 Å². The van der Waals surface area contributed by atoms with Gasteiger partial charge in [0.15, 0.2) is 0 Å². The van der Waals surface area contributed by atoms with Crippen molar-refractivity contribution in [1.29, 1.82) is 0 Å². The number of hydrogen-bond acceptors (Lipinski definition) is 7. The molecule has 0 aliphatic carbocycles. The minimum Gasteiger partial charge on any atom is -0.477 e. The number of hydrogen-bond donors (Lipinski definition) is 6. The van der Waals surface area contributed by atoms with Gasteiger partial charge in [0, 0.05) is 12.3 Å². The zero-order chi connectivity index (χ0) is 14.1. The van der Waals surface area contributed by atoms with E-state index in [4.69, 9.17) is 14.9 Å². The Kier molecular flexibility index (Phi) is 4.65. The Morgan fingerprint density at radius 3 is 2.50 bits per heavy atom. The summed E-state index contributed by atoms with van der Waals surface area (Å²) < 4.78 is 4.88. The van der Waals surface area contributed by atoms with E-state index in [2.05, 4.69) is 0 Å². The normalized spacial score (nSPS) is 40.2. The molecule has 0 radical (unpaired) electrons. The first kappa shape index (κ1) is 15.3. The van der Waals surface area contributed by atoms with Crippen LogP contribution in [-0.4, -0.2) is 73.4 Å². The number of aliphatic carboxylic acids is 1. The maximum absolute atomic E-state index is 10.9. The summed E-state index contributed by atoms with van der Waals surface area (Å²) in [5.41, 5.74) is 0. The second-order valence-electron chi connectivity index (χ2n) is 4.54. The average Bonchev–Trinajstić information content (AvgIpc) is 2.31. The molecule has 1 rings (SSSR count). The highest BCUT2D eigenvalue weighted by molar-refractivity contribution is 5.75. The smallest absolute Gasteiger partial charge is 0.364 e. The van der Waals surface area contributed by atoms with Crippen molar-refractivity contribution >= 4 is 5.97 Å². The van der Waals surface area contributed by atoms with Crippen LogP contribution >= 0.6 is 0 Å². The lowest BCUT2D eigenvalue weighted by molar-refractivity contribution is -0.302. The Bertz CT molecular complexity index is 308. The molecule has 8 heteroatoms. The summed E-state index contributed by atoms with van der Waals surface area (Å²) in [7, 11) is 0. The second kappa shape index (κ2) is 5.47. The van der Waals surface area contributed by atoms with E-state index in [0.29, 0.717) is 0 Å². The van der Waals surface area contributed by atoms with Crippen LogP contribution in [0.15, 0.2) is 0 Å². The van der Waals surface area contributed by atoms with E-state index in [-0.39, 0.29) is 0 Å². The summed E-state index contributed by atoms with van der Waals surface area (Å²) in [6.07, 6.45) is -6.24. The van der Waals surface area contributed by atoms with Gasteiger partial charge in [0.05, 0.1) is 18.8 Å². The molecule has 6 unspecified atom stereocenters. The van der Waals surface area contributed by atoms with E-state index in [1.54, 1.807) is 0 Å². The van der Waals surface area contributed by atoms with Crippen molar-refractivity contribution in [3.05, 3.63) is 0 Å². The third-order valence-electron chi connectivity index (χ3n) is 3.19. The number of carboxylic acid groups (broad SMARTS) is 1. The van der Waals surface area contributed by atoms with E-state index in [1.807, 2.05) is 0 Å². The Balaban J connectivity index is 2.92. The van der Waals surface area contributed by atoms with Crippen molar-refractivity contribution in [3.63, 3.8) is 0 Å². The van der Waals surface area contributed by atoms with Gasteiger partial charge in [-0.1, -0.05) is 6.92 Å². The van der Waals surface area contributed by atoms with Gasteiger partial charge in [0.25, 0.3) is 5.79 Å². The lowest BCUT2D eigenvalue weighted by atomic mass is 9.85. The van der Waals surface area contributed by atoms with Gasteiger partial charge in [-0.05, 0) is 0 Å². The highest BCUT2D eigenvalue weighted by Gasteiger charge is 2.51. The molecular formula is C10H18O8. The van der Waals surface area contributed by atoms with Crippen molar-refractivity contribution in [2.24, 2.45) is 5.92 Å². The molecule has 0 aromatic heterocycles. The van der Waals surface area contributed by atoms with Gasteiger partial charge in [-0.2, -0.15) is 0 Å². The molecule has 18 heavy (non-hydrogen) atoms. The summed E-state index contributed by atoms with van der Waals surface area (Å²) in [6.45, 7) is 0.722. The van der Waals surface area contributed by atoms with Crippen LogP contribution in [0.25, 0.3) is 0 Å². The minimum atomic E-state index is -2.62. The topological polar surface area (TPSA) is 148 Å². The molecule has 0 spiro atoms. The highest BCUT2D eigenvalue weighted by Crippen LogP contribution is 2.33. The Morgan fingerprint density at radius 2 is 2.06 bits per heavy atom. The lowest BCUT2D eigenvalue weighted by Crippen LogP contribution is -2.60. The summed E-state index contributed by atoms with van der Waals surface area (Å²) in [5, 5.41) is 55.9. The molecule has 1 aliphatic rings. The fourth-order valence-corrected chi connectivity index (χ4v) is 1.91. The Hall–Kier alpha value is -0.770. The zero-order valence-electron chi connectivity index (χ0n) is 9.80. The molecule has 6 N–H and O–H groups in total. The van der Waals surface area contributed by atoms with Gasteiger partial charge >= 0.3 is 5.97 Å². The van der Waals surface area contributed by atoms with Crippen LogP contribution in [0, 0.1) is 5.92 Å². The molecule has 1 saturated heterocycles. The van der Waals surface area contributed by atoms with Crippen molar-refractivity contribution < 1.29 is 40.2 Å². The van der Waals surface area contributed by atoms with Crippen LogP contribution in [0.1, 0.15) is 13.3 Å². The predicted molar refractivity (Wildman–Crippen MR) is 56.3 cm³/mol. The molecule has 8 nitrogen and oxygen atoms in total. The van der Waals surface area contributed by atoms with Crippen LogP contribution in [-0.2, 0) is 9.53 Å². The summed E-state index contributed by atoms with van der Waals surface area (Å²) in [6, 6.07) is 0. The monoisotopic (exact) mass is 266 g/mol. The summed E-state index contributed by atoms with van der Waals surface area (Å²) in [5.74, 6) is -5.02. The van der Waals surface area contributed by atoms with E-state index in [9.17, 15) is 25.2 Å². The highest BCUT2D eigenvalue weighted by atomic mass is 16.7. The molecule has 1 aliphatic heterocycles. The van der Waals surface area contributed by atoms with Gasteiger partial charge in [-0.3, -0.25) is 0 Å². The van der Waals surface area contributed by atoms with E-state index >= 15 is 0 Å². The molecule has 0 aromatic carbocycles. The zero-order valence-corrected chi connectivity index (χ0v) is 9.80. The first-order valence-corrected chi connectivity index (χ1v) is 5.51.